The number of hydrogen-bond acceptors (Lipinski definition) is 5. The van der Waals surface area contributed by atoms with Crippen LogP contribution in [0.2, 0.25) is 0 Å². The predicted molar refractivity (Wildman–Crippen MR) is 44.6 cm³/mol. The molecule has 0 aliphatic heterocycles. The molecule has 0 saturated heterocycles. The number of nitrogens with two attached hydrogens (primary N) is 2. The Balaban J connectivity index is 0. The predicted octanol–water partition coefficient (Wildman–Crippen LogP) is -0.169. The van der Waals surface area contributed by atoms with Crippen LogP contribution in [0.1, 0.15) is 11.7 Å². The molecule has 1 aromatic rings. The molecule has 66 valence electrons. The van der Waals surface area contributed by atoms with E-state index >= 15 is 0 Å². The molecule has 5 nitrogen and oxygen atoms in total. The summed E-state index contributed by atoms with van der Waals surface area (Å²) in [6.07, 6.45) is 0. The molecule has 0 fully saturated rings. The first-order valence-corrected chi connectivity index (χ1v) is 2.58. The summed E-state index contributed by atoms with van der Waals surface area (Å²) in [5.74, 6) is 0.922. The van der Waals surface area contributed by atoms with Gasteiger partial charge in [0.1, 0.15) is 0 Å². The average Bonchev–Trinajstić information content (AvgIpc) is 2.34. The minimum atomic E-state index is 0. The molecule has 0 saturated carbocycles. The summed E-state index contributed by atoms with van der Waals surface area (Å²) in [4.78, 5) is 3.82. The molecule has 7 heteroatoms. The second-order valence-electron chi connectivity index (χ2n) is 1.51. The van der Waals surface area contributed by atoms with Crippen molar-refractivity contribution in [1.29, 1.82) is 0 Å². The summed E-state index contributed by atoms with van der Waals surface area (Å²) in [5.41, 5.74) is 10.4. The van der Waals surface area contributed by atoms with Crippen LogP contribution in [0.25, 0.3) is 0 Å². The minimum Gasteiger partial charge on any atom is -0.338 e. The molecule has 1 aromatic heterocycles. The van der Waals surface area contributed by atoms with Crippen LogP contribution in [-0.4, -0.2) is 10.1 Å². The van der Waals surface area contributed by atoms with Gasteiger partial charge in [-0.3, -0.25) is 0 Å². The van der Waals surface area contributed by atoms with Crippen molar-refractivity contribution >= 4 is 24.8 Å². The maximum Gasteiger partial charge on any atom is 0.240 e. The first-order valence-electron chi connectivity index (χ1n) is 2.58. The van der Waals surface area contributed by atoms with Crippen molar-refractivity contribution in [3.05, 3.63) is 11.7 Å². The lowest BCUT2D eigenvalue weighted by atomic mass is 10.6. The largest absolute Gasteiger partial charge is 0.338 e. The highest BCUT2D eigenvalue weighted by Crippen LogP contribution is 1.92. The van der Waals surface area contributed by atoms with Crippen LogP contribution in [0.5, 0.6) is 0 Å². The van der Waals surface area contributed by atoms with Gasteiger partial charge in [0.2, 0.25) is 5.89 Å². The van der Waals surface area contributed by atoms with Crippen molar-refractivity contribution in [3.8, 4) is 0 Å². The highest BCUT2D eigenvalue weighted by molar-refractivity contribution is 5.85. The van der Waals surface area contributed by atoms with Crippen LogP contribution < -0.4 is 11.5 Å². The van der Waals surface area contributed by atoms with Crippen molar-refractivity contribution in [1.82, 2.24) is 10.1 Å². The normalized spacial score (nSPS) is 8.18. The van der Waals surface area contributed by atoms with E-state index in [1.165, 1.54) is 0 Å². The van der Waals surface area contributed by atoms with Gasteiger partial charge in [-0.1, -0.05) is 5.16 Å². The van der Waals surface area contributed by atoms with E-state index < -0.39 is 0 Å². The summed E-state index contributed by atoms with van der Waals surface area (Å²) in [6, 6.07) is 0. The van der Waals surface area contributed by atoms with Gasteiger partial charge in [-0.25, -0.2) is 0 Å². The zero-order valence-electron chi connectivity index (χ0n) is 5.69. The first kappa shape index (κ1) is 13.2. The van der Waals surface area contributed by atoms with Gasteiger partial charge in [0, 0.05) is 0 Å². The van der Waals surface area contributed by atoms with Crippen LogP contribution in [0.15, 0.2) is 4.52 Å². The Bertz CT molecular complexity index is 173. The van der Waals surface area contributed by atoms with Gasteiger partial charge >= 0.3 is 0 Å². The van der Waals surface area contributed by atoms with Gasteiger partial charge < -0.3 is 16.0 Å². The highest BCUT2D eigenvalue weighted by atomic mass is 35.5. The van der Waals surface area contributed by atoms with Gasteiger partial charge in [-0.15, -0.1) is 24.8 Å². The van der Waals surface area contributed by atoms with Crippen molar-refractivity contribution in [2.45, 2.75) is 13.1 Å². The lowest BCUT2D eigenvalue weighted by Crippen LogP contribution is -2.00. The third-order valence-electron chi connectivity index (χ3n) is 0.867. The van der Waals surface area contributed by atoms with E-state index in [4.69, 9.17) is 11.5 Å². The minimum absolute atomic E-state index is 0. The topological polar surface area (TPSA) is 91.0 Å². The molecule has 11 heavy (non-hydrogen) atoms. The molecule has 0 radical (unpaired) electrons. The Morgan fingerprint density at radius 1 is 1.18 bits per heavy atom. The first-order chi connectivity index (χ1) is 4.36. The fourth-order valence-corrected chi connectivity index (χ4v) is 0.456. The summed E-state index contributed by atoms with van der Waals surface area (Å²) in [7, 11) is 0. The Morgan fingerprint density at radius 2 is 1.82 bits per heavy atom. The molecule has 4 N–H and O–H groups in total. The maximum absolute atomic E-state index is 5.19. The van der Waals surface area contributed by atoms with Crippen LogP contribution >= 0.6 is 24.8 Å². The van der Waals surface area contributed by atoms with Crippen LogP contribution in [0, 0.1) is 0 Å². The molecule has 0 aromatic carbocycles. The third kappa shape index (κ3) is 3.52. The molecular weight excluding hydrogens is 191 g/mol. The quantitative estimate of drug-likeness (QED) is 0.693. The zero-order valence-corrected chi connectivity index (χ0v) is 7.32. The molecule has 0 aliphatic carbocycles. The van der Waals surface area contributed by atoms with E-state index in [0.717, 1.165) is 0 Å². The second kappa shape index (κ2) is 6.36. The molecule has 0 atom stereocenters. The Hall–Kier alpha value is -0.360. The molecule has 0 bridgehead atoms. The van der Waals surface area contributed by atoms with E-state index in [-0.39, 0.29) is 31.4 Å². The van der Waals surface area contributed by atoms with Gasteiger partial charge in [0.05, 0.1) is 13.1 Å². The van der Waals surface area contributed by atoms with E-state index in [0.29, 0.717) is 18.3 Å². The summed E-state index contributed by atoms with van der Waals surface area (Å²) >= 11 is 0. The molecule has 0 amide bonds. The van der Waals surface area contributed by atoms with E-state index in [1.54, 1.807) is 0 Å². The molecule has 0 spiro atoms. The Kier molecular flexibility index (Phi) is 7.65. The number of nitrogens with zero attached hydrogens (tertiary/aromatic N) is 2. The van der Waals surface area contributed by atoms with Crippen molar-refractivity contribution in [3.63, 3.8) is 0 Å². The molecule has 0 aliphatic rings. The molecular formula is C4H10Cl2N4O. The summed E-state index contributed by atoms with van der Waals surface area (Å²) in [6.45, 7) is 0.566. The van der Waals surface area contributed by atoms with Gasteiger partial charge in [0.25, 0.3) is 0 Å². The fourth-order valence-electron chi connectivity index (χ4n) is 0.456. The van der Waals surface area contributed by atoms with Crippen LogP contribution in [-0.2, 0) is 13.1 Å². The zero-order chi connectivity index (χ0) is 6.69. The lowest BCUT2D eigenvalue weighted by molar-refractivity contribution is 0.375. The smallest absolute Gasteiger partial charge is 0.240 e. The van der Waals surface area contributed by atoms with Gasteiger partial charge in [0.15, 0.2) is 5.82 Å². The molecule has 1 heterocycles. The van der Waals surface area contributed by atoms with Crippen LogP contribution in [0.4, 0.5) is 0 Å². The number of hydrogen-bond donors (Lipinski definition) is 2. The van der Waals surface area contributed by atoms with Crippen LogP contribution in [0.3, 0.4) is 0 Å². The monoisotopic (exact) mass is 200 g/mol. The average molecular weight is 201 g/mol. The van der Waals surface area contributed by atoms with Crippen molar-refractivity contribution in [2.24, 2.45) is 11.5 Å². The Morgan fingerprint density at radius 3 is 2.09 bits per heavy atom. The maximum atomic E-state index is 5.19. The summed E-state index contributed by atoms with van der Waals surface area (Å²) < 4.78 is 4.64. The van der Waals surface area contributed by atoms with E-state index in [2.05, 4.69) is 14.7 Å². The van der Waals surface area contributed by atoms with Crippen molar-refractivity contribution < 1.29 is 4.52 Å². The standard InChI is InChI=1S/C4H8N4O.2ClH/c5-1-3-7-4(2-6)9-8-3;;/h1-2,5-6H2;2*1H. The SMILES string of the molecule is Cl.Cl.NCc1noc(CN)n1. The van der Waals surface area contributed by atoms with E-state index in [9.17, 15) is 0 Å². The second-order valence-corrected chi connectivity index (χ2v) is 1.51. The number of halogens is 2. The molecule has 0 unspecified atom stereocenters. The Labute approximate surface area is 76.3 Å². The van der Waals surface area contributed by atoms with Crippen molar-refractivity contribution in [2.75, 3.05) is 0 Å². The highest BCUT2D eigenvalue weighted by Gasteiger charge is 1.99. The summed E-state index contributed by atoms with van der Waals surface area (Å²) in [5, 5.41) is 3.51. The number of rotatable bonds is 2. The van der Waals surface area contributed by atoms with Gasteiger partial charge in [-0.05, 0) is 0 Å². The van der Waals surface area contributed by atoms with E-state index in [1.807, 2.05) is 0 Å². The molecule has 1 rings (SSSR count). The lowest BCUT2D eigenvalue weighted by Gasteiger charge is -1.78. The third-order valence-corrected chi connectivity index (χ3v) is 0.867. The fraction of sp³-hybridized carbons (Fsp3) is 0.500. The number of aromatic nitrogens is 2. The van der Waals surface area contributed by atoms with Gasteiger partial charge in [-0.2, -0.15) is 4.98 Å².